The van der Waals surface area contributed by atoms with Crippen molar-refractivity contribution in [2.24, 2.45) is 0 Å². The molecule has 1 aromatic carbocycles. The molecule has 0 heterocycles. The first-order valence-electron chi connectivity index (χ1n) is 5.11. The molecule has 0 aliphatic heterocycles. The molecule has 0 aliphatic rings. The van der Waals surface area contributed by atoms with Crippen LogP contribution in [0.25, 0.3) is 0 Å². The highest BCUT2D eigenvalue weighted by Gasteiger charge is 2.18. The fourth-order valence-corrected chi connectivity index (χ4v) is 3.26. The molecule has 0 amide bonds. The van der Waals surface area contributed by atoms with Crippen LogP contribution < -0.4 is 4.72 Å². The summed E-state index contributed by atoms with van der Waals surface area (Å²) in [6.45, 7) is 3.58. The van der Waals surface area contributed by atoms with Gasteiger partial charge in [0.05, 0.1) is 4.90 Å². The number of nitrogens with one attached hydrogen (secondary N) is 1. The smallest absolute Gasteiger partial charge is 0.208 e. The summed E-state index contributed by atoms with van der Waals surface area (Å²) in [5, 5.41) is 0. The van der Waals surface area contributed by atoms with E-state index in [2.05, 4.69) is 4.72 Å². The van der Waals surface area contributed by atoms with E-state index in [0.29, 0.717) is 17.2 Å². The number of hydrogen-bond donors (Lipinski definition) is 1. The first kappa shape index (κ1) is 13.5. The molecule has 0 fully saturated rings. The largest absolute Gasteiger partial charge is 0.241 e. The quantitative estimate of drug-likeness (QED) is 0.827. The van der Waals surface area contributed by atoms with Crippen molar-refractivity contribution in [3.63, 3.8) is 0 Å². The molecule has 0 aromatic heterocycles. The lowest BCUT2D eigenvalue weighted by Gasteiger charge is -2.14. The highest BCUT2D eigenvalue weighted by atomic mass is 35.5. The Morgan fingerprint density at radius 3 is 2.56 bits per heavy atom. The number of benzene rings is 1. The third-order valence-electron chi connectivity index (χ3n) is 2.28. The van der Waals surface area contributed by atoms with E-state index >= 15 is 0 Å². The number of aryl methyl sites for hydroxylation is 1. The molecule has 90 valence electrons. The molecule has 0 saturated carbocycles. The third kappa shape index (κ3) is 3.47. The molecule has 16 heavy (non-hydrogen) atoms. The third-order valence-corrected chi connectivity index (χ3v) is 4.25. The average molecular weight is 262 g/mol. The van der Waals surface area contributed by atoms with Crippen molar-refractivity contribution in [3.8, 4) is 0 Å². The second-order valence-electron chi connectivity index (χ2n) is 3.77. The van der Waals surface area contributed by atoms with Crippen molar-refractivity contribution in [1.82, 2.24) is 4.72 Å². The van der Waals surface area contributed by atoms with E-state index in [1.165, 1.54) is 0 Å². The Morgan fingerprint density at radius 2 is 2.00 bits per heavy atom. The van der Waals surface area contributed by atoms with Gasteiger partial charge in [-0.3, -0.25) is 0 Å². The van der Waals surface area contributed by atoms with Crippen molar-refractivity contribution in [1.29, 1.82) is 0 Å². The van der Waals surface area contributed by atoms with Gasteiger partial charge in [0, 0.05) is 11.9 Å². The van der Waals surface area contributed by atoms with Gasteiger partial charge in [0.1, 0.15) is 0 Å². The normalized spacial score (nSPS) is 13.7. The van der Waals surface area contributed by atoms with Gasteiger partial charge in [-0.05, 0) is 31.9 Å². The number of halogens is 1. The zero-order valence-electron chi connectivity index (χ0n) is 9.40. The molecular weight excluding hydrogens is 246 g/mol. The van der Waals surface area contributed by atoms with Crippen molar-refractivity contribution in [3.05, 3.63) is 29.8 Å². The summed E-state index contributed by atoms with van der Waals surface area (Å²) in [4.78, 5) is 0.330. The Labute approximate surface area is 102 Å². The van der Waals surface area contributed by atoms with E-state index in [1.807, 2.05) is 6.07 Å². The fraction of sp³-hybridized carbons (Fsp3) is 0.455. The van der Waals surface area contributed by atoms with Crippen LogP contribution in [-0.2, 0) is 10.0 Å². The van der Waals surface area contributed by atoms with Gasteiger partial charge in [-0.25, -0.2) is 13.1 Å². The minimum absolute atomic E-state index is 0.151. The van der Waals surface area contributed by atoms with Crippen molar-refractivity contribution >= 4 is 21.6 Å². The maximum absolute atomic E-state index is 12.0. The molecule has 0 spiro atoms. The lowest BCUT2D eigenvalue weighted by molar-refractivity contribution is 0.556. The summed E-state index contributed by atoms with van der Waals surface area (Å²) in [6.07, 6.45) is 0.618. The van der Waals surface area contributed by atoms with Crippen LogP contribution in [0.5, 0.6) is 0 Å². The number of hydrogen-bond acceptors (Lipinski definition) is 2. The summed E-state index contributed by atoms with van der Waals surface area (Å²) >= 11 is 5.57. The topological polar surface area (TPSA) is 46.2 Å². The maximum atomic E-state index is 12.0. The van der Waals surface area contributed by atoms with E-state index in [1.54, 1.807) is 32.0 Å². The Morgan fingerprint density at radius 1 is 1.38 bits per heavy atom. The summed E-state index contributed by atoms with van der Waals surface area (Å²) in [7, 11) is -3.42. The van der Waals surface area contributed by atoms with E-state index in [9.17, 15) is 8.42 Å². The standard InChI is InChI=1S/C11H16ClNO2S/c1-9-5-3-4-6-11(9)16(14,15)13-10(2)7-8-12/h3-6,10,13H,7-8H2,1-2H3. The molecular formula is C11H16ClNO2S. The van der Waals surface area contributed by atoms with Crippen molar-refractivity contribution in [2.75, 3.05) is 5.88 Å². The summed E-state index contributed by atoms with van der Waals surface area (Å²) < 4.78 is 26.6. The van der Waals surface area contributed by atoms with Crippen LogP contribution in [0.15, 0.2) is 29.2 Å². The second kappa shape index (κ2) is 5.66. The molecule has 1 rings (SSSR count). The zero-order chi connectivity index (χ0) is 12.2. The zero-order valence-corrected chi connectivity index (χ0v) is 11.0. The molecule has 0 bridgehead atoms. The SMILES string of the molecule is Cc1ccccc1S(=O)(=O)NC(C)CCCl. The van der Waals surface area contributed by atoms with Gasteiger partial charge in [-0.15, -0.1) is 11.6 Å². The van der Waals surface area contributed by atoms with Crippen LogP contribution in [-0.4, -0.2) is 20.3 Å². The second-order valence-corrected chi connectivity index (χ2v) is 5.83. The van der Waals surface area contributed by atoms with Crippen molar-refractivity contribution in [2.45, 2.75) is 31.2 Å². The Balaban J connectivity index is 2.91. The molecule has 0 aliphatic carbocycles. The molecule has 1 atom stereocenters. The van der Waals surface area contributed by atoms with Crippen LogP contribution in [0.2, 0.25) is 0 Å². The van der Waals surface area contributed by atoms with Gasteiger partial charge in [-0.2, -0.15) is 0 Å². The Bertz CT molecular complexity index is 445. The highest BCUT2D eigenvalue weighted by Crippen LogP contribution is 2.14. The fourth-order valence-electron chi connectivity index (χ4n) is 1.41. The van der Waals surface area contributed by atoms with E-state index in [0.717, 1.165) is 5.56 Å². The first-order chi connectivity index (χ1) is 7.47. The van der Waals surface area contributed by atoms with Crippen LogP contribution in [0.4, 0.5) is 0 Å². The van der Waals surface area contributed by atoms with Crippen LogP contribution in [0, 0.1) is 6.92 Å². The van der Waals surface area contributed by atoms with Gasteiger partial charge >= 0.3 is 0 Å². The van der Waals surface area contributed by atoms with Gasteiger partial charge in [-0.1, -0.05) is 18.2 Å². The van der Waals surface area contributed by atoms with Gasteiger partial charge in [0.2, 0.25) is 10.0 Å². The van der Waals surface area contributed by atoms with Gasteiger partial charge in [0.25, 0.3) is 0 Å². The lowest BCUT2D eigenvalue weighted by atomic mass is 10.2. The van der Waals surface area contributed by atoms with Crippen LogP contribution >= 0.6 is 11.6 Å². The number of sulfonamides is 1. The maximum Gasteiger partial charge on any atom is 0.241 e. The highest BCUT2D eigenvalue weighted by molar-refractivity contribution is 7.89. The summed E-state index contributed by atoms with van der Waals surface area (Å²) in [5.74, 6) is 0.442. The minimum atomic E-state index is -3.42. The number of rotatable bonds is 5. The molecule has 0 radical (unpaired) electrons. The van der Waals surface area contributed by atoms with Gasteiger partial charge < -0.3 is 0 Å². The molecule has 1 N–H and O–H groups in total. The first-order valence-corrected chi connectivity index (χ1v) is 7.13. The minimum Gasteiger partial charge on any atom is -0.208 e. The molecule has 5 heteroatoms. The average Bonchev–Trinajstić information content (AvgIpc) is 2.17. The van der Waals surface area contributed by atoms with E-state index in [4.69, 9.17) is 11.6 Å². The summed E-state index contributed by atoms with van der Waals surface area (Å²) in [6, 6.07) is 6.76. The van der Waals surface area contributed by atoms with Crippen LogP contribution in [0.3, 0.4) is 0 Å². The molecule has 0 saturated heterocycles. The van der Waals surface area contributed by atoms with E-state index < -0.39 is 10.0 Å². The molecule has 1 aromatic rings. The van der Waals surface area contributed by atoms with E-state index in [-0.39, 0.29) is 6.04 Å². The molecule has 1 unspecified atom stereocenters. The summed E-state index contributed by atoms with van der Waals surface area (Å²) in [5.41, 5.74) is 0.744. The lowest BCUT2D eigenvalue weighted by Crippen LogP contribution is -2.33. The van der Waals surface area contributed by atoms with Crippen molar-refractivity contribution < 1.29 is 8.42 Å². The van der Waals surface area contributed by atoms with Crippen LogP contribution in [0.1, 0.15) is 18.9 Å². The Kier molecular flexibility index (Phi) is 4.77. The monoisotopic (exact) mass is 261 g/mol. The Hall–Kier alpha value is -0.580. The predicted octanol–water partition coefficient (Wildman–Crippen LogP) is 2.29. The number of alkyl halides is 1. The predicted molar refractivity (Wildman–Crippen MR) is 66.3 cm³/mol. The van der Waals surface area contributed by atoms with Gasteiger partial charge in [0.15, 0.2) is 0 Å². The molecule has 3 nitrogen and oxygen atoms in total.